The molecule has 0 aliphatic carbocycles. The summed E-state index contributed by atoms with van der Waals surface area (Å²) in [7, 11) is -3.40. The maximum atomic E-state index is 13.6. The van der Waals surface area contributed by atoms with Gasteiger partial charge in [-0.2, -0.15) is 18.3 Å². The number of thiophene rings is 1. The van der Waals surface area contributed by atoms with E-state index < -0.39 is 21.7 Å². The van der Waals surface area contributed by atoms with Crippen LogP contribution in [0.3, 0.4) is 0 Å². The van der Waals surface area contributed by atoms with Crippen LogP contribution < -0.4 is 4.74 Å². The Labute approximate surface area is 205 Å². The number of ether oxygens (including phenoxy) is 1. The van der Waals surface area contributed by atoms with Crippen LogP contribution in [0.4, 0.5) is 13.2 Å². The third-order valence-electron chi connectivity index (χ3n) is 5.11. The number of alkyl halides is 3. The minimum absolute atomic E-state index is 0.170. The molecule has 0 saturated heterocycles. The first-order valence-electron chi connectivity index (χ1n) is 10.7. The van der Waals surface area contributed by atoms with E-state index in [2.05, 4.69) is 5.10 Å². The van der Waals surface area contributed by atoms with E-state index in [-0.39, 0.29) is 16.5 Å². The molecule has 0 atom stereocenters. The molecule has 0 aliphatic rings. The van der Waals surface area contributed by atoms with E-state index in [1.54, 1.807) is 53.9 Å². The number of benzene rings is 2. The van der Waals surface area contributed by atoms with Gasteiger partial charge in [0.15, 0.2) is 15.5 Å². The smallest absolute Gasteiger partial charge is 0.435 e. The fraction of sp³-hybridized carbons (Fsp3) is 0.240. The number of aromatic nitrogens is 2. The first-order valence-corrected chi connectivity index (χ1v) is 13.5. The summed E-state index contributed by atoms with van der Waals surface area (Å²) in [5, 5.41) is 5.66. The molecule has 0 spiro atoms. The van der Waals surface area contributed by atoms with Crippen LogP contribution >= 0.6 is 11.3 Å². The van der Waals surface area contributed by atoms with Crippen LogP contribution in [0.1, 0.15) is 19.5 Å². The van der Waals surface area contributed by atoms with Gasteiger partial charge in [-0.05, 0) is 58.8 Å². The molecule has 10 heteroatoms. The number of nitrogens with zero attached hydrogens (tertiary/aromatic N) is 2. The highest BCUT2D eigenvalue weighted by Crippen LogP contribution is 2.39. The van der Waals surface area contributed by atoms with E-state index in [0.717, 1.165) is 12.3 Å². The molecule has 0 bridgehead atoms. The molecule has 184 valence electrons. The van der Waals surface area contributed by atoms with Gasteiger partial charge >= 0.3 is 6.18 Å². The second-order valence-electron chi connectivity index (χ2n) is 8.50. The van der Waals surface area contributed by atoms with E-state index in [0.29, 0.717) is 34.0 Å². The van der Waals surface area contributed by atoms with Gasteiger partial charge in [0.25, 0.3) is 0 Å². The van der Waals surface area contributed by atoms with Gasteiger partial charge in [-0.3, -0.25) is 0 Å². The van der Waals surface area contributed by atoms with E-state index in [4.69, 9.17) is 4.74 Å². The van der Waals surface area contributed by atoms with Crippen molar-refractivity contribution in [2.24, 2.45) is 5.92 Å². The first-order chi connectivity index (χ1) is 16.4. The topological polar surface area (TPSA) is 61.2 Å². The minimum atomic E-state index is -4.63. The standard InChI is InChI=1S/C25H23F3N2O3S2/c1-16(2)14-33-22-10-5-4-9-20(22)30-21(13-24(29-30)25(26,27)28)23-12-18(15-34-23)17-7-6-8-19(11-17)35(3,31)32/h4-13,15-16H,14H2,1-3H3. The second kappa shape index (κ2) is 9.50. The average Bonchev–Trinajstić information content (AvgIpc) is 3.45. The van der Waals surface area contributed by atoms with Crippen LogP contribution in [0.5, 0.6) is 5.75 Å². The Morgan fingerprint density at radius 1 is 1.03 bits per heavy atom. The average molecular weight is 521 g/mol. The number of hydrogen-bond acceptors (Lipinski definition) is 5. The molecule has 5 nitrogen and oxygen atoms in total. The van der Waals surface area contributed by atoms with Crippen LogP contribution in [-0.4, -0.2) is 31.1 Å². The summed E-state index contributed by atoms with van der Waals surface area (Å²) in [5.41, 5.74) is 0.987. The van der Waals surface area contributed by atoms with Crippen LogP contribution in [-0.2, 0) is 16.0 Å². The molecule has 0 saturated carbocycles. The third kappa shape index (κ3) is 5.59. The fourth-order valence-electron chi connectivity index (χ4n) is 3.42. The normalized spacial score (nSPS) is 12.3. The van der Waals surface area contributed by atoms with Crippen molar-refractivity contribution >= 4 is 21.2 Å². The highest BCUT2D eigenvalue weighted by molar-refractivity contribution is 7.90. The lowest BCUT2D eigenvalue weighted by molar-refractivity contribution is -0.141. The Balaban J connectivity index is 1.82. The number of rotatable bonds is 7. The van der Waals surface area contributed by atoms with Crippen LogP contribution in [0.2, 0.25) is 0 Å². The zero-order chi connectivity index (χ0) is 25.4. The van der Waals surface area contributed by atoms with Crippen molar-refractivity contribution in [1.82, 2.24) is 9.78 Å². The van der Waals surface area contributed by atoms with E-state index in [1.165, 1.54) is 22.1 Å². The van der Waals surface area contributed by atoms with Crippen molar-refractivity contribution in [3.8, 4) is 33.1 Å². The van der Waals surface area contributed by atoms with Gasteiger partial charge in [-0.1, -0.05) is 38.1 Å². The van der Waals surface area contributed by atoms with Crippen molar-refractivity contribution in [3.05, 3.63) is 71.7 Å². The molecule has 0 aliphatic heterocycles. The van der Waals surface area contributed by atoms with Crippen molar-refractivity contribution in [1.29, 1.82) is 0 Å². The van der Waals surface area contributed by atoms with Gasteiger partial charge in [0.05, 0.1) is 22.1 Å². The molecular weight excluding hydrogens is 497 g/mol. The number of para-hydroxylation sites is 2. The molecule has 0 unspecified atom stereocenters. The van der Waals surface area contributed by atoms with Crippen molar-refractivity contribution in [2.45, 2.75) is 24.9 Å². The van der Waals surface area contributed by atoms with E-state index in [9.17, 15) is 21.6 Å². The zero-order valence-electron chi connectivity index (χ0n) is 19.2. The first kappa shape index (κ1) is 25.0. The van der Waals surface area contributed by atoms with Crippen molar-refractivity contribution in [3.63, 3.8) is 0 Å². The number of sulfone groups is 1. The SMILES string of the molecule is CC(C)COc1ccccc1-n1nc(C(F)(F)F)cc1-c1cc(-c2cccc(S(C)(=O)=O)c2)cs1. The lowest BCUT2D eigenvalue weighted by Gasteiger charge is -2.14. The quantitative estimate of drug-likeness (QED) is 0.271. The Morgan fingerprint density at radius 3 is 2.46 bits per heavy atom. The molecular formula is C25H23F3N2O3S2. The predicted octanol–water partition coefficient (Wildman–Crippen LogP) is 6.72. The Hall–Kier alpha value is -3.11. The molecule has 0 radical (unpaired) electrons. The minimum Gasteiger partial charge on any atom is -0.491 e. The summed E-state index contributed by atoms with van der Waals surface area (Å²) in [5.74, 6) is 0.658. The summed E-state index contributed by atoms with van der Waals surface area (Å²) in [6, 6.07) is 16.0. The maximum absolute atomic E-state index is 13.6. The fourth-order valence-corrected chi connectivity index (χ4v) is 5.00. The van der Waals surface area contributed by atoms with Gasteiger partial charge in [0.1, 0.15) is 11.4 Å². The molecule has 0 N–H and O–H groups in total. The monoisotopic (exact) mass is 520 g/mol. The summed E-state index contributed by atoms with van der Waals surface area (Å²) in [4.78, 5) is 0.717. The highest BCUT2D eigenvalue weighted by Gasteiger charge is 2.36. The summed E-state index contributed by atoms with van der Waals surface area (Å²) in [6.45, 7) is 4.37. The van der Waals surface area contributed by atoms with Gasteiger partial charge in [-0.15, -0.1) is 11.3 Å². The van der Waals surface area contributed by atoms with Crippen LogP contribution in [0.25, 0.3) is 27.4 Å². The van der Waals surface area contributed by atoms with Gasteiger partial charge in [0, 0.05) is 6.26 Å². The van der Waals surface area contributed by atoms with Crippen LogP contribution in [0, 0.1) is 5.92 Å². The largest absolute Gasteiger partial charge is 0.491 e. The Bertz CT molecular complexity index is 1450. The van der Waals surface area contributed by atoms with Crippen molar-refractivity contribution < 1.29 is 26.3 Å². The zero-order valence-corrected chi connectivity index (χ0v) is 20.8. The third-order valence-corrected chi connectivity index (χ3v) is 7.18. The lowest BCUT2D eigenvalue weighted by Crippen LogP contribution is -2.10. The lowest BCUT2D eigenvalue weighted by atomic mass is 10.1. The Kier molecular flexibility index (Phi) is 6.79. The maximum Gasteiger partial charge on any atom is 0.435 e. The van der Waals surface area contributed by atoms with E-state index >= 15 is 0 Å². The van der Waals surface area contributed by atoms with Gasteiger partial charge < -0.3 is 4.74 Å². The van der Waals surface area contributed by atoms with Crippen LogP contribution in [0.15, 0.2) is 70.9 Å². The number of hydrogen-bond donors (Lipinski definition) is 0. The molecule has 2 heterocycles. The molecule has 2 aromatic carbocycles. The highest BCUT2D eigenvalue weighted by atomic mass is 32.2. The van der Waals surface area contributed by atoms with Gasteiger partial charge in [0.2, 0.25) is 0 Å². The molecule has 35 heavy (non-hydrogen) atoms. The molecule has 4 rings (SSSR count). The Morgan fingerprint density at radius 2 is 1.77 bits per heavy atom. The summed E-state index contributed by atoms with van der Waals surface area (Å²) < 4.78 is 71.9. The predicted molar refractivity (Wildman–Crippen MR) is 131 cm³/mol. The summed E-state index contributed by atoms with van der Waals surface area (Å²) >= 11 is 1.25. The summed E-state index contributed by atoms with van der Waals surface area (Å²) in [6.07, 6.45) is -3.50. The second-order valence-corrected chi connectivity index (χ2v) is 11.4. The molecule has 0 amide bonds. The molecule has 2 aromatic heterocycles. The van der Waals surface area contributed by atoms with E-state index in [1.807, 2.05) is 13.8 Å². The van der Waals surface area contributed by atoms with Crippen molar-refractivity contribution in [2.75, 3.05) is 12.9 Å². The number of halogens is 3. The van der Waals surface area contributed by atoms with Gasteiger partial charge in [-0.25, -0.2) is 13.1 Å². The molecule has 4 aromatic rings. The molecule has 0 fully saturated rings.